The second-order valence-electron chi connectivity index (χ2n) is 5.73. The number of hydrogen-bond acceptors (Lipinski definition) is 5. The van der Waals surface area contributed by atoms with E-state index in [9.17, 15) is 14.4 Å². The van der Waals surface area contributed by atoms with Crippen LogP contribution in [-0.2, 0) is 4.79 Å². The summed E-state index contributed by atoms with van der Waals surface area (Å²) < 4.78 is 6.69. The smallest absolute Gasteiger partial charge is 0.347 e. The molecule has 4 rings (SSSR count). The lowest BCUT2D eigenvalue weighted by molar-refractivity contribution is -0.121. The van der Waals surface area contributed by atoms with Crippen molar-refractivity contribution in [2.75, 3.05) is 24.6 Å². The Morgan fingerprint density at radius 1 is 1.27 bits per heavy atom. The molecule has 2 aromatic heterocycles. The lowest BCUT2D eigenvalue weighted by Crippen LogP contribution is -2.43. The zero-order valence-electron chi connectivity index (χ0n) is 13.6. The minimum absolute atomic E-state index is 0.0183. The van der Waals surface area contributed by atoms with Crippen molar-refractivity contribution in [2.24, 2.45) is 0 Å². The van der Waals surface area contributed by atoms with Crippen LogP contribution in [0.15, 0.2) is 47.4 Å². The molecule has 9 heteroatoms. The van der Waals surface area contributed by atoms with Crippen LogP contribution in [0.4, 0.5) is 5.69 Å². The highest BCUT2D eigenvalue weighted by atomic mass is 16.5. The summed E-state index contributed by atoms with van der Waals surface area (Å²) in [5.74, 6) is 0.181. The Kier molecular flexibility index (Phi) is 3.88. The van der Waals surface area contributed by atoms with Gasteiger partial charge in [-0.3, -0.25) is 14.0 Å². The van der Waals surface area contributed by atoms with Gasteiger partial charge in [0.1, 0.15) is 5.75 Å². The summed E-state index contributed by atoms with van der Waals surface area (Å²) in [6.07, 6.45) is 1.48. The molecule has 26 heavy (non-hydrogen) atoms. The standard InChI is InChI=1S/C17H15N5O4/c23-15-10-26-13-4-2-1-3-12(13)21(15)8-6-18-16(24)11-5-7-22-14(9-11)19-20-17(22)25/h1-5,7,9H,6,8,10H2,(H,18,24)(H,20,25). The number of amides is 2. The van der Waals surface area contributed by atoms with Gasteiger partial charge in [0.15, 0.2) is 12.3 Å². The van der Waals surface area contributed by atoms with E-state index in [0.717, 1.165) is 0 Å². The van der Waals surface area contributed by atoms with Crippen molar-refractivity contribution in [3.63, 3.8) is 0 Å². The lowest BCUT2D eigenvalue weighted by Gasteiger charge is -2.29. The molecule has 9 nitrogen and oxygen atoms in total. The van der Waals surface area contributed by atoms with Gasteiger partial charge in [0, 0.05) is 24.8 Å². The largest absolute Gasteiger partial charge is 0.482 e. The average molecular weight is 353 g/mol. The molecule has 0 bridgehead atoms. The van der Waals surface area contributed by atoms with Crippen LogP contribution in [0.25, 0.3) is 5.65 Å². The van der Waals surface area contributed by atoms with Gasteiger partial charge in [0.05, 0.1) is 5.69 Å². The Labute approximate surface area is 147 Å². The summed E-state index contributed by atoms with van der Waals surface area (Å²) in [5, 5.41) is 8.91. The number of nitrogens with zero attached hydrogens (tertiary/aromatic N) is 3. The predicted octanol–water partition coefficient (Wildman–Crippen LogP) is 0.178. The van der Waals surface area contributed by atoms with Crippen molar-refractivity contribution in [1.82, 2.24) is 19.9 Å². The lowest BCUT2D eigenvalue weighted by atomic mass is 10.2. The maximum atomic E-state index is 12.3. The molecule has 0 radical (unpaired) electrons. The third-order valence-electron chi connectivity index (χ3n) is 4.11. The van der Waals surface area contributed by atoms with E-state index in [-0.39, 0.29) is 30.7 Å². The van der Waals surface area contributed by atoms with Crippen molar-refractivity contribution in [1.29, 1.82) is 0 Å². The van der Waals surface area contributed by atoms with Gasteiger partial charge in [-0.15, -0.1) is 0 Å². The number of H-pyrrole nitrogens is 1. The van der Waals surface area contributed by atoms with E-state index in [4.69, 9.17) is 4.74 Å². The molecule has 132 valence electrons. The van der Waals surface area contributed by atoms with E-state index in [0.29, 0.717) is 29.2 Å². The fourth-order valence-electron chi connectivity index (χ4n) is 2.83. The second kappa shape index (κ2) is 6.36. The summed E-state index contributed by atoms with van der Waals surface area (Å²) in [5.41, 5.74) is 1.07. The Hall–Kier alpha value is -3.62. The summed E-state index contributed by atoms with van der Waals surface area (Å²) >= 11 is 0. The number of benzene rings is 1. The normalized spacial score (nSPS) is 13.4. The molecule has 0 aliphatic carbocycles. The molecule has 1 aromatic carbocycles. The maximum Gasteiger partial charge on any atom is 0.347 e. The maximum absolute atomic E-state index is 12.3. The molecule has 0 fully saturated rings. The zero-order chi connectivity index (χ0) is 18.1. The highest BCUT2D eigenvalue weighted by Crippen LogP contribution is 2.30. The first-order valence-corrected chi connectivity index (χ1v) is 8.01. The molecule has 3 aromatic rings. The number of hydrogen-bond donors (Lipinski definition) is 2. The van der Waals surface area contributed by atoms with Gasteiger partial charge in [0.25, 0.3) is 11.8 Å². The summed E-state index contributed by atoms with van der Waals surface area (Å²) in [4.78, 5) is 37.4. The molecular weight excluding hydrogens is 338 g/mol. The number of aromatic nitrogens is 3. The summed E-state index contributed by atoms with van der Waals surface area (Å²) in [6, 6.07) is 10.3. The Morgan fingerprint density at radius 3 is 3.00 bits per heavy atom. The fourth-order valence-corrected chi connectivity index (χ4v) is 2.83. The molecule has 2 amide bonds. The third-order valence-corrected chi connectivity index (χ3v) is 4.11. The first-order valence-electron chi connectivity index (χ1n) is 8.01. The van der Waals surface area contributed by atoms with Gasteiger partial charge >= 0.3 is 5.69 Å². The Balaban J connectivity index is 1.43. The SMILES string of the molecule is O=C(NCCN1C(=O)COc2ccccc21)c1ccn2c(=O)[nH]nc2c1. The highest BCUT2D eigenvalue weighted by Gasteiger charge is 2.24. The second-order valence-corrected chi connectivity index (χ2v) is 5.73. The van der Waals surface area contributed by atoms with E-state index in [1.54, 1.807) is 17.0 Å². The van der Waals surface area contributed by atoms with Crippen LogP contribution in [0.5, 0.6) is 5.75 Å². The van der Waals surface area contributed by atoms with Gasteiger partial charge in [-0.1, -0.05) is 12.1 Å². The van der Waals surface area contributed by atoms with E-state index in [1.165, 1.54) is 22.7 Å². The quantitative estimate of drug-likeness (QED) is 0.695. The van der Waals surface area contributed by atoms with Gasteiger partial charge in [-0.2, -0.15) is 5.10 Å². The average Bonchev–Trinajstić information content (AvgIpc) is 3.04. The Morgan fingerprint density at radius 2 is 2.12 bits per heavy atom. The third kappa shape index (κ3) is 2.79. The van der Waals surface area contributed by atoms with Crippen LogP contribution in [0.3, 0.4) is 0 Å². The first-order chi connectivity index (χ1) is 12.6. The van der Waals surface area contributed by atoms with Crippen molar-refractivity contribution >= 4 is 23.1 Å². The molecule has 0 unspecified atom stereocenters. The van der Waals surface area contributed by atoms with Crippen molar-refractivity contribution in [3.05, 3.63) is 58.6 Å². The molecule has 1 aliphatic rings. The number of nitrogens with one attached hydrogen (secondary N) is 2. The van der Waals surface area contributed by atoms with E-state index < -0.39 is 0 Å². The van der Waals surface area contributed by atoms with Crippen LogP contribution in [-0.4, -0.2) is 46.1 Å². The van der Waals surface area contributed by atoms with Crippen LogP contribution >= 0.6 is 0 Å². The van der Waals surface area contributed by atoms with Crippen LogP contribution < -0.4 is 20.6 Å². The van der Waals surface area contributed by atoms with Gasteiger partial charge in [-0.05, 0) is 24.3 Å². The molecule has 3 heterocycles. The number of rotatable bonds is 4. The molecule has 0 spiro atoms. The minimum Gasteiger partial charge on any atom is -0.482 e. The first kappa shape index (κ1) is 15.9. The number of carbonyl (C=O) groups is 2. The topological polar surface area (TPSA) is 109 Å². The van der Waals surface area contributed by atoms with Crippen molar-refractivity contribution in [2.45, 2.75) is 0 Å². The Bertz CT molecular complexity index is 1050. The van der Waals surface area contributed by atoms with Gasteiger partial charge in [-0.25, -0.2) is 9.89 Å². The minimum atomic E-state index is -0.364. The zero-order valence-corrected chi connectivity index (χ0v) is 13.6. The van der Waals surface area contributed by atoms with E-state index >= 15 is 0 Å². The molecule has 2 N–H and O–H groups in total. The summed E-state index contributed by atoms with van der Waals surface area (Å²) in [6.45, 7) is 0.585. The number of fused-ring (bicyclic) bond motifs is 2. The van der Waals surface area contributed by atoms with E-state index in [2.05, 4.69) is 15.5 Å². The van der Waals surface area contributed by atoms with Crippen molar-refractivity contribution < 1.29 is 14.3 Å². The summed E-state index contributed by atoms with van der Waals surface area (Å²) in [7, 11) is 0. The molecular formula is C17H15N5O4. The molecule has 1 aliphatic heterocycles. The number of para-hydroxylation sites is 2. The monoisotopic (exact) mass is 353 g/mol. The number of ether oxygens (including phenoxy) is 1. The van der Waals surface area contributed by atoms with E-state index in [1.807, 2.05) is 12.1 Å². The van der Waals surface area contributed by atoms with Crippen molar-refractivity contribution in [3.8, 4) is 5.75 Å². The van der Waals surface area contributed by atoms with Gasteiger partial charge in [0.2, 0.25) is 0 Å². The number of anilines is 1. The number of pyridine rings is 1. The number of aromatic amines is 1. The molecule has 0 atom stereocenters. The van der Waals surface area contributed by atoms with Crippen LogP contribution in [0.1, 0.15) is 10.4 Å². The van der Waals surface area contributed by atoms with Crippen LogP contribution in [0, 0.1) is 0 Å². The number of carbonyl (C=O) groups excluding carboxylic acids is 2. The van der Waals surface area contributed by atoms with Crippen LogP contribution in [0.2, 0.25) is 0 Å². The molecule has 0 saturated heterocycles. The van der Waals surface area contributed by atoms with Gasteiger partial charge < -0.3 is 15.0 Å². The fraction of sp³-hybridized carbons (Fsp3) is 0.176. The predicted molar refractivity (Wildman–Crippen MR) is 92.4 cm³/mol. The highest BCUT2D eigenvalue weighted by molar-refractivity contribution is 5.98. The molecule has 0 saturated carbocycles.